The van der Waals surface area contributed by atoms with Crippen LogP contribution in [0.1, 0.15) is 0 Å². The van der Waals surface area contributed by atoms with Gasteiger partial charge in [0.25, 0.3) is 0 Å². The summed E-state index contributed by atoms with van der Waals surface area (Å²) in [4.78, 5) is 13.3. The molecule has 0 aliphatic carbocycles. The van der Waals surface area contributed by atoms with E-state index in [0.29, 0.717) is 5.02 Å². The van der Waals surface area contributed by atoms with Crippen molar-refractivity contribution in [2.45, 2.75) is 0 Å². The molecule has 0 unspecified atom stereocenters. The Kier molecular flexibility index (Phi) is 3.12. The molecule has 5 heteroatoms. The zero-order chi connectivity index (χ0) is 9.14. The molecule has 0 saturated heterocycles. The molecular formula is C7H2Cl3NO. The summed E-state index contributed by atoms with van der Waals surface area (Å²) in [5.41, 5.74) is 0.154. The first-order valence-corrected chi connectivity index (χ1v) is 4.01. The van der Waals surface area contributed by atoms with Gasteiger partial charge in [0.15, 0.2) is 0 Å². The Hall–Kier alpha value is -0.530. The fourth-order valence-corrected chi connectivity index (χ4v) is 1.27. The SMILES string of the molecule is O=C=Nc1c(Cl)ccc(Cl)c1Cl. The van der Waals surface area contributed by atoms with Crippen LogP contribution in [0.15, 0.2) is 17.1 Å². The lowest BCUT2D eigenvalue weighted by Crippen LogP contribution is -1.72. The largest absolute Gasteiger partial charge is 0.240 e. The molecule has 0 aliphatic rings. The maximum absolute atomic E-state index is 9.94. The van der Waals surface area contributed by atoms with Gasteiger partial charge in [-0.1, -0.05) is 34.8 Å². The van der Waals surface area contributed by atoms with Crippen LogP contribution in [0.4, 0.5) is 5.69 Å². The second kappa shape index (κ2) is 3.92. The highest BCUT2D eigenvalue weighted by Gasteiger charge is 2.07. The Morgan fingerprint density at radius 3 is 2.33 bits per heavy atom. The maximum atomic E-state index is 9.94. The van der Waals surface area contributed by atoms with Crippen LogP contribution in [0.2, 0.25) is 15.1 Å². The van der Waals surface area contributed by atoms with E-state index in [1.165, 1.54) is 18.2 Å². The molecule has 12 heavy (non-hydrogen) atoms. The Morgan fingerprint density at radius 1 is 1.17 bits per heavy atom. The van der Waals surface area contributed by atoms with E-state index in [9.17, 15) is 4.79 Å². The molecule has 0 saturated carbocycles. The van der Waals surface area contributed by atoms with E-state index >= 15 is 0 Å². The predicted molar refractivity (Wildman–Crippen MR) is 49.3 cm³/mol. The van der Waals surface area contributed by atoms with Crippen molar-refractivity contribution in [3.63, 3.8) is 0 Å². The molecule has 2 nitrogen and oxygen atoms in total. The van der Waals surface area contributed by atoms with E-state index in [1.54, 1.807) is 0 Å². The van der Waals surface area contributed by atoms with Gasteiger partial charge in [0.1, 0.15) is 5.69 Å². The summed E-state index contributed by atoms with van der Waals surface area (Å²) in [6.07, 6.45) is 1.34. The minimum absolute atomic E-state index is 0.154. The quantitative estimate of drug-likeness (QED) is 0.405. The Morgan fingerprint density at radius 2 is 1.75 bits per heavy atom. The zero-order valence-corrected chi connectivity index (χ0v) is 7.91. The van der Waals surface area contributed by atoms with Crippen molar-refractivity contribution in [3.05, 3.63) is 27.2 Å². The number of halogens is 3. The number of rotatable bonds is 1. The Labute approximate surface area is 83.8 Å². The molecule has 0 radical (unpaired) electrons. The molecule has 1 rings (SSSR count). The van der Waals surface area contributed by atoms with Gasteiger partial charge >= 0.3 is 0 Å². The fraction of sp³-hybridized carbons (Fsp3) is 0. The summed E-state index contributed by atoms with van der Waals surface area (Å²) < 4.78 is 0. The minimum Gasteiger partial charge on any atom is -0.211 e. The van der Waals surface area contributed by atoms with Crippen molar-refractivity contribution in [2.24, 2.45) is 4.99 Å². The molecule has 0 amide bonds. The number of nitrogens with zero attached hydrogens (tertiary/aromatic N) is 1. The molecule has 0 aromatic heterocycles. The smallest absolute Gasteiger partial charge is 0.211 e. The second-order valence-electron chi connectivity index (χ2n) is 1.89. The van der Waals surface area contributed by atoms with Crippen molar-refractivity contribution in [2.75, 3.05) is 0 Å². The van der Waals surface area contributed by atoms with Gasteiger partial charge in [0.05, 0.1) is 15.1 Å². The summed E-state index contributed by atoms with van der Waals surface area (Å²) in [5.74, 6) is 0. The summed E-state index contributed by atoms with van der Waals surface area (Å²) in [7, 11) is 0. The first-order chi connectivity index (χ1) is 5.66. The highest BCUT2D eigenvalue weighted by atomic mass is 35.5. The average Bonchev–Trinajstić information content (AvgIpc) is 2.06. The van der Waals surface area contributed by atoms with Crippen LogP contribution in [0, 0.1) is 0 Å². The number of hydrogen-bond donors (Lipinski definition) is 0. The fourth-order valence-electron chi connectivity index (χ4n) is 0.665. The van der Waals surface area contributed by atoms with Gasteiger partial charge in [0.2, 0.25) is 6.08 Å². The van der Waals surface area contributed by atoms with Gasteiger partial charge in [-0.25, -0.2) is 4.79 Å². The molecular weight excluding hydrogens is 220 g/mol. The molecule has 0 heterocycles. The van der Waals surface area contributed by atoms with E-state index in [0.717, 1.165) is 0 Å². The van der Waals surface area contributed by atoms with E-state index in [4.69, 9.17) is 34.8 Å². The topological polar surface area (TPSA) is 29.4 Å². The lowest BCUT2D eigenvalue weighted by Gasteiger charge is -1.99. The predicted octanol–water partition coefficient (Wildman–Crippen LogP) is 3.61. The minimum atomic E-state index is 0.154. The number of aliphatic imine (C=N–C) groups is 1. The summed E-state index contributed by atoms with van der Waals surface area (Å²) >= 11 is 17.0. The zero-order valence-electron chi connectivity index (χ0n) is 5.64. The number of carbonyl (C=O) groups excluding carboxylic acids is 1. The molecule has 0 N–H and O–H groups in total. The molecule has 0 atom stereocenters. The van der Waals surface area contributed by atoms with Crippen LogP contribution in [0.3, 0.4) is 0 Å². The Bertz CT molecular complexity index is 358. The third-order valence-electron chi connectivity index (χ3n) is 1.18. The molecule has 0 aliphatic heterocycles. The maximum Gasteiger partial charge on any atom is 0.240 e. The number of hydrogen-bond acceptors (Lipinski definition) is 2. The lowest BCUT2D eigenvalue weighted by molar-refractivity contribution is 0.565. The third kappa shape index (κ3) is 1.79. The number of isocyanates is 1. The standard InChI is InChI=1S/C7H2Cl3NO/c8-4-1-2-5(9)7(6(4)10)11-3-12/h1-2H. The van der Waals surface area contributed by atoms with Gasteiger partial charge < -0.3 is 0 Å². The van der Waals surface area contributed by atoms with Crippen LogP contribution in [0.5, 0.6) is 0 Å². The van der Waals surface area contributed by atoms with Gasteiger partial charge in [-0.3, -0.25) is 0 Å². The average molecular weight is 222 g/mol. The summed E-state index contributed by atoms with van der Waals surface area (Å²) in [6, 6.07) is 3.03. The summed E-state index contributed by atoms with van der Waals surface area (Å²) in [6.45, 7) is 0. The monoisotopic (exact) mass is 221 g/mol. The normalized spacial score (nSPS) is 9.25. The van der Waals surface area contributed by atoms with Gasteiger partial charge in [-0.15, -0.1) is 0 Å². The first-order valence-electron chi connectivity index (χ1n) is 2.88. The molecule has 0 bridgehead atoms. The van der Waals surface area contributed by atoms with Crippen LogP contribution in [-0.4, -0.2) is 6.08 Å². The van der Waals surface area contributed by atoms with Gasteiger partial charge in [0, 0.05) is 0 Å². The van der Waals surface area contributed by atoms with E-state index in [2.05, 4.69) is 4.99 Å². The highest BCUT2D eigenvalue weighted by Crippen LogP contribution is 2.37. The Balaban J connectivity index is 3.42. The van der Waals surface area contributed by atoms with Crippen LogP contribution >= 0.6 is 34.8 Å². The van der Waals surface area contributed by atoms with E-state index in [-0.39, 0.29) is 15.7 Å². The van der Waals surface area contributed by atoms with Crippen molar-refractivity contribution < 1.29 is 4.79 Å². The van der Waals surface area contributed by atoms with Crippen molar-refractivity contribution >= 4 is 46.6 Å². The molecule has 1 aromatic carbocycles. The second-order valence-corrected chi connectivity index (χ2v) is 3.09. The number of benzene rings is 1. The van der Waals surface area contributed by atoms with E-state index < -0.39 is 0 Å². The molecule has 62 valence electrons. The van der Waals surface area contributed by atoms with Crippen LogP contribution in [0.25, 0.3) is 0 Å². The van der Waals surface area contributed by atoms with Crippen molar-refractivity contribution in [1.29, 1.82) is 0 Å². The van der Waals surface area contributed by atoms with Crippen molar-refractivity contribution in [3.8, 4) is 0 Å². The summed E-state index contributed by atoms with van der Waals surface area (Å²) in [5, 5.41) is 0.732. The van der Waals surface area contributed by atoms with Crippen LogP contribution < -0.4 is 0 Å². The van der Waals surface area contributed by atoms with Crippen LogP contribution in [-0.2, 0) is 4.79 Å². The third-order valence-corrected chi connectivity index (χ3v) is 2.28. The lowest BCUT2D eigenvalue weighted by atomic mass is 10.3. The molecule has 0 spiro atoms. The van der Waals surface area contributed by atoms with Crippen molar-refractivity contribution in [1.82, 2.24) is 0 Å². The first kappa shape index (κ1) is 9.56. The van der Waals surface area contributed by atoms with Gasteiger partial charge in [-0.05, 0) is 12.1 Å². The van der Waals surface area contributed by atoms with Gasteiger partial charge in [-0.2, -0.15) is 4.99 Å². The highest BCUT2D eigenvalue weighted by molar-refractivity contribution is 6.45. The molecule has 0 fully saturated rings. The van der Waals surface area contributed by atoms with E-state index in [1.807, 2.05) is 0 Å². The molecule has 1 aromatic rings.